The smallest absolute Gasteiger partial charge is 0.191 e. The van der Waals surface area contributed by atoms with E-state index in [0.717, 1.165) is 44.3 Å². The first kappa shape index (κ1) is 20.6. The number of nitrogens with one attached hydrogen (secondary N) is 2. The minimum atomic E-state index is 0. The van der Waals surface area contributed by atoms with Crippen LogP contribution in [0.3, 0.4) is 0 Å². The Kier molecular flexibility index (Phi) is 10.0. The molecule has 1 aromatic rings. The molecule has 132 valence electrons. The van der Waals surface area contributed by atoms with Gasteiger partial charge in [0.1, 0.15) is 0 Å². The number of aromatic nitrogens is 2. The maximum Gasteiger partial charge on any atom is 0.191 e. The second-order valence-electron chi connectivity index (χ2n) is 5.79. The Bertz CT molecular complexity index is 483. The quantitative estimate of drug-likeness (QED) is 0.290. The van der Waals surface area contributed by atoms with Crippen LogP contribution in [0.4, 0.5) is 0 Å². The molecule has 0 radical (unpaired) electrons. The molecule has 2 rings (SSSR count). The number of guanidine groups is 1. The Morgan fingerprint density at radius 1 is 1.43 bits per heavy atom. The molecule has 0 saturated carbocycles. The Balaban J connectivity index is 0.00000264. The van der Waals surface area contributed by atoms with E-state index in [-0.39, 0.29) is 24.0 Å². The van der Waals surface area contributed by atoms with Gasteiger partial charge in [-0.25, -0.2) is 0 Å². The molecule has 0 aliphatic carbocycles. The van der Waals surface area contributed by atoms with E-state index in [1.807, 2.05) is 6.92 Å². The molecule has 0 spiro atoms. The van der Waals surface area contributed by atoms with E-state index in [2.05, 4.69) is 52.1 Å². The Morgan fingerprint density at radius 3 is 2.87 bits per heavy atom. The number of aryl methyl sites for hydroxylation is 3. The molecule has 0 amide bonds. The van der Waals surface area contributed by atoms with Crippen LogP contribution in [-0.2, 0) is 6.54 Å². The molecule has 1 unspecified atom stereocenters. The zero-order valence-corrected chi connectivity index (χ0v) is 17.6. The number of aliphatic imine (C=N–C) groups is 1. The number of thioether (sulfide) groups is 1. The van der Waals surface area contributed by atoms with Gasteiger partial charge < -0.3 is 10.6 Å². The van der Waals surface area contributed by atoms with Crippen molar-refractivity contribution < 1.29 is 0 Å². The Morgan fingerprint density at radius 2 is 2.26 bits per heavy atom. The Hall–Kier alpha value is -0.440. The highest BCUT2D eigenvalue weighted by Crippen LogP contribution is 2.25. The van der Waals surface area contributed by atoms with E-state index >= 15 is 0 Å². The first-order valence-corrected chi connectivity index (χ1v) is 9.38. The fourth-order valence-electron chi connectivity index (χ4n) is 2.66. The number of halogens is 1. The molecule has 7 heteroatoms. The molecular formula is C16H30IN5S. The zero-order chi connectivity index (χ0) is 15.8. The van der Waals surface area contributed by atoms with Gasteiger partial charge >= 0.3 is 0 Å². The van der Waals surface area contributed by atoms with Gasteiger partial charge in [-0.1, -0.05) is 0 Å². The third-order valence-electron chi connectivity index (χ3n) is 3.76. The number of hydrogen-bond acceptors (Lipinski definition) is 3. The van der Waals surface area contributed by atoms with Crippen molar-refractivity contribution in [1.29, 1.82) is 0 Å². The van der Waals surface area contributed by atoms with Gasteiger partial charge in [0.2, 0.25) is 0 Å². The largest absolute Gasteiger partial charge is 0.357 e. The minimum absolute atomic E-state index is 0. The molecule has 1 aliphatic heterocycles. The lowest BCUT2D eigenvalue weighted by Gasteiger charge is -2.13. The fourth-order valence-corrected chi connectivity index (χ4v) is 3.84. The number of nitrogens with zero attached hydrogens (tertiary/aromatic N) is 3. The molecule has 2 heterocycles. The van der Waals surface area contributed by atoms with Gasteiger partial charge in [-0.15, -0.1) is 24.0 Å². The summed E-state index contributed by atoms with van der Waals surface area (Å²) in [6.07, 6.45) is 3.70. The summed E-state index contributed by atoms with van der Waals surface area (Å²) in [5.74, 6) is 2.25. The van der Waals surface area contributed by atoms with Gasteiger partial charge in [0.25, 0.3) is 0 Å². The van der Waals surface area contributed by atoms with Crippen molar-refractivity contribution in [1.82, 2.24) is 20.4 Å². The topological polar surface area (TPSA) is 54.2 Å². The highest BCUT2D eigenvalue weighted by Gasteiger charge is 2.14. The van der Waals surface area contributed by atoms with Crippen molar-refractivity contribution in [2.75, 3.05) is 25.4 Å². The number of rotatable bonds is 7. The van der Waals surface area contributed by atoms with Crippen LogP contribution < -0.4 is 10.6 Å². The molecule has 23 heavy (non-hydrogen) atoms. The standard InChI is InChI=1S/C16H29N5S.HI/c1-4-17-16(19-12-15-7-5-10-22-15)18-8-6-9-21-14(3)11-13(2)20-21;/h11,15H,4-10,12H2,1-3H3,(H2,17,18,19);1H. The highest BCUT2D eigenvalue weighted by atomic mass is 127. The monoisotopic (exact) mass is 451 g/mol. The average Bonchev–Trinajstić information content (AvgIpc) is 3.10. The van der Waals surface area contributed by atoms with Gasteiger partial charge in [-0.3, -0.25) is 9.67 Å². The molecule has 1 fully saturated rings. The van der Waals surface area contributed by atoms with Gasteiger partial charge in [-0.05, 0) is 51.9 Å². The van der Waals surface area contributed by atoms with E-state index < -0.39 is 0 Å². The molecule has 0 aromatic carbocycles. The molecule has 5 nitrogen and oxygen atoms in total. The van der Waals surface area contributed by atoms with Crippen LogP contribution in [-0.4, -0.2) is 46.4 Å². The minimum Gasteiger partial charge on any atom is -0.357 e. The SMILES string of the molecule is CCNC(=NCC1CCCS1)NCCCn1nc(C)cc1C.I. The molecule has 1 aliphatic rings. The summed E-state index contributed by atoms with van der Waals surface area (Å²) in [6.45, 7) is 9.96. The lowest BCUT2D eigenvalue weighted by Crippen LogP contribution is -2.38. The van der Waals surface area contributed by atoms with Gasteiger partial charge in [0.15, 0.2) is 5.96 Å². The first-order valence-electron chi connectivity index (χ1n) is 8.34. The predicted molar refractivity (Wildman–Crippen MR) is 111 cm³/mol. The molecule has 0 bridgehead atoms. The molecule has 1 aromatic heterocycles. The first-order chi connectivity index (χ1) is 10.7. The van der Waals surface area contributed by atoms with Crippen molar-refractivity contribution >= 4 is 41.7 Å². The average molecular weight is 451 g/mol. The molecular weight excluding hydrogens is 421 g/mol. The van der Waals surface area contributed by atoms with Crippen molar-refractivity contribution in [2.24, 2.45) is 4.99 Å². The van der Waals surface area contributed by atoms with Crippen LogP contribution >= 0.6 is 35.7 Å². The fraction of sp³-hybridized carbons (Fsp3) is 0.750. The van der Waals surface area contributed by atoms with Crippen molar-refractivity contribution in [3.8, 4) is 0 Å². The lowest BCUT2D eigenvalue weighted by molar-refractivity contribution is 0.555. The second-order valence-corrected chi connectivity index (χ2v) is 7.19. The summed E-state index contributed by atoms with van der Waals surface area (Å²) in [4.78, 5) is 4.71. The maximum atomic E-state index is 4.71. The predicted octanol–water partition coefficient (Wildman–Crippen LogP) is 2.96. The maximum absolute atomic E-state index is 4.71. The van der Waals surface area contributed by atoms with Crippen LogP contribution in [0.1, 0.15) is 37.6 Å². The number of hydrogen-bond donors (Lipinski definition) is 2. The normalized spacial score (nSPS) is 17.9. The van der Waals surface area contributed by atoms with E-state index in [1.165, 1.54) is 24.3 Å². The summed E-state index contributed by atoms with van der Waals surface area (Å²) < 4.78 is 2.08. The van der Waals surface area contributed by atoms with Gasteiger partial charge in [-0.2, -0.15) is 16.9 Å². The van der Waals surface area contributed by atoms with Crippen molar-refractivity contribution in [2.45, 2.75) is 51.8 Å². The van der Waals surface area contributed by atoms with Gasteiger partial charge in [0, 0.05) is 30.6 Å². The third kappa shape index (κ3) is 7.32. The second kappa shape index (κ2) is 11.2. The summed E-state index contributed by atoms with van der Waals surface area (Å²) in [6, 6.07) is 2.12. The summed E-state index contributed by atoms with van der Waals surface area (Å²) in [7, 11) is 0. The van der Waals surface area contributed by atoms with E-state index in [4.69, 9.17) is 4.99 Å². The van der Waals surface area contributed by atoms with Crippen LogP contribution in [0.2, 0.25) is 0 Å². The van der Waals surface area contributed by atoms with Crippen LogP contribution in [0, 0.1) is 13.8 Å². The Labute approximate surface area is 161 Å². The zero-order valence-electron chi connectivity index (χ0n) is 14.5. The summed E-state index contributed by atoms with van der Waals surface area (Å²) in [5.41, 5.74) is 2.32. The summed E-state index contributed by atoms with van der Waals surface area (Å²) >= 11 is 2.06. The van der Waals surface area contributed by atoms with E-state index in [1.54, 1.807) is 0 Å². The third-order valence-corrected chi connectivity index (χ3v) is 5.14. The van der Waals surface area contributed by atoms with E-state index in [0.29, 0.717) is 5.25 Å². The molecule has 1 atom stereocenters. The highest BCUT2D eigenvalue weighted by molar-refractivity contribution is 14.0. The van der Waals surface area contributed by atoms with Crippen LogP contribution in [0.5, 0.6) is 0 Å². The van der Waals surface area contributed by atoms with Crippen molar-refractivity contribution in [3.63, 3.8) is 0 Å². The summed E-state index contributed by atoms with van der Waals surface area (Å²) in [5, 5.41) is 12.0. The van der Waals surface area contributed by atoms with Crippen molar-refractivity contribution in [3.05, 3.63) is 17.5 Å². The lowest BCUT2D eigenvalue weighted by atomic mass is 10.2. The van der Waals surface area contributed by atoms with Gasteiger partial charge in [0.05, 0.1) is 12.2 Å². The van der Waals surface area contributed by atoms with E-state index in [9.17, 15) is 0 Å². The van der Waals surface area contributed by atoms with Crippen LogP contribution in [0.15, 0.2) is 11.1 Å². The van der Waals surface area contributed by atoms with Crippen LogP contribution in [0.25, 0.3) is 0 Å². The molecule has 1 saturated heterocycles. The molecule has 2 N–H and O–H groups in total.